The summed E-state index contributed by atoms with van der Waals surface area (Å²) >= 11 is 0. The topological polar surface area (TPSA) is 65.7 Å². The van der Waals surface area contributed by atoms with Crippen LogP contribution in [0, 0.1) is 6.92 Å². The van der Waals surface area contributed by atoms with E-state index in [1.54, 1.807) is 19.1 Å². The smallest absolute Gasteiger partial charge is 0.345 e. The number of carbonyl (C=O) groups excluding carboxylic acids is 2. The third-order valence-corrected chi connectivity index (χ3v) is 1.86. The molecule has 0 amide bonds. The highest BCUT2D eigenvalue weighted by Crippen LogP contribution is 2.12. The summed E-state index contributed by atoms with van der Waals surface area (Å²) in [5.74, 6) is -0.453. The van der Waals surface area contributed by atoms with Gasteiger partial charge in [0.2, 0.25) is 0 Å². The molecule has 16 heavy (non-hydrogen) atoms. The van der Waals surface area contributed by atoms with E-state index in [9.17, 15) is 9.59 Å². The van der Waals surface area contributed by atoms with Gasteiger partial charge in [0.25, 0.3) is 0 Å². The fourth-order valence-corrected chi connectivity index (χ4v) is 1.09. The Morgan fingerprint density at radius 2 is 1.75 bits per heavy atom. The third-order valence-electron chi connectivity index (χ3n) is 1.86. The molecule has 1 rings (SSSR count). The van der Waals surface area contributed by atoms with Gasteiger partial charge in [-0.3, -0.25) is 0 Å². The number of furan rings is 1. The molecule has 0 bridgehead atoms. The molecular formula is C11H12O5. The summed E-state index contributed by atoms with van der Waals surface area (Å²) in [6, 6.07) is 3.36. The van der Waals surface area contributed by atoms with Crippen LogP contribution >= 0.6 is 0 Å². The average molecular weight is 224 g/mol. The van der Waals surface area contributed by atoms with Crippen LogP contribution in [-0.4, -0.2) is 26.2 Å². The maximum absolute atomic E-state index is 11.3. The molecule has 1 heterocycles. The largest absolute Gasteiger partial charge is 0.465 e. The van der Waals surface area contributed by atoms with Crippen LogP contribution in [0.3, 0.4) is 0 Å². The van der Waals surface area contributed by atoms with Gasteiger partial charge in [0, 0.05) is 6.08 Å². The summed E-state index contributed by atoms with van der Waals surface area (Å²) in [6.07, 6.45) is 1.28. The molecular weight excluding hydrogens is 212 g/mol. The van der Waals surface area contributed by atoms with Crippen LogP contribution in [0.1, 0.15) is 11.5 Å². The summed E-state index contributed by atoms with van der Waals surface area (Å²) in [5.41, 5.74) is -0.209. The van der Waals surface area contributed by atoms with E-state index < -0.39 is 11.9 Å². The Morgan fingerprint density at radius 3 is 2.12 bits per heavy atom. The summed E-state index contributed by atoms with van der Waals surface area (Å²) in [4.78, 5) is 22.6. The lowest BCUT2D eigenvalue weighted by molar-refractivity contribution is -0.143. The van der Waals surface area contributed by atoms with Crippen molar-refractivity contribution in [2.45, 2.75) is 6.92 Å². The van der Waals surface area contributed by atoms with Gasteiger partial charge in [0.1, 0.15) is 17.1 Å². The molecule has 0 N–H and O–H groups in total. The molecule has 0 unspecified atom stereocenters. The van der Waals surface area contributed by atoms with Crippen LogP contribution < -0.4 is 0 Å². The van der Waals surface area contributed by atoms with Crippen molar-refractivity contribution in [1.82, 2.24) is 0 Å². The minimum absolute atomic E-state index is 0.209. The first-order valence-corrected chi connectivity index (χ1v) is 4.53. The number of hydrogen-bond donors (Lipinski definition) is 0. The van der Waals surface area contributed by atoms with E-state index in [4.69, 9.17) is 4.42 Å². The van der Waals surface area contributed by atoms with E-state index in [1.165, 1.54) is 20.3 Å². The molecule has 0 saturated heterocycles. The Morgan fingerprint density at radius 1 is 1.19 bits per heavy atom. The lowest BCUT2D eigenvalue weighted by Gasteiger charge is -2.01. The van der Waals surface area contributed by atoms with Gasteiger partial charge < -0.3 is 13.9 Å². The molecule has 5 nitrogen and oxygen atoms in total. The molecule has 1 aromatic rings. The first-order chi connectivity index (χ1) is 7.58. The molecule has 0 atom stereocenters. The van der Waals surface area contributed by atoms with E-state index in [0.29, 0.717) is 11.5 Å². The first kappa shape index (κ1) is 12.0. The Bertz CT molecular complexity index is 409. The van der Waals surface area contributed by atoms with Crippen molar-refractivity contribution in [1.29, 1.82) is 0 Å². The van der Waals surface area contributed by atoms with E-state index in [0.717, 1.165) is 0 Å². The van der Waals surface area contributed by atoms with Crippen molar-refractivity contribution < 1.29 is 23.5 Å². The highest BCUT2D eigenvalue weighted by Gasteiger charge is 2.20. The fraction of sp³-hybridized carbons (Fsp3) is 0.273. The van der Waals surface area contributed by atoms with E-state index in [1.807, 2.05) is 0 Å². The minimum atomic E-state index is -0.763. The second-order valence-electron chi connectivity index (χ2n) is 2.99. The quantitative estimate of drug-likeness (QED) is 0.335. The zero-order valence-electron chi connectivity index (χ0n) is 9.27. The Labute approximate surface area is 92.6 Å². The lowest BCUT2D eigenvalue weighted by atomic mass is 10.2. The molecule has 5 heteroatoms. The van der Waals surface area contributed by atoms with Gasteiger partial charge in [-0.15, -0.1) is 0 Å². The highest BCUT2D eigenvalue weighted by molar-refractivity contribution is 6.17. The summed E-state index contributed by atoms with van der Waals surface area (Å²) in [7, 11) is 2.37. The van der Waals surface area contributed by atoms with Gasteiger partial charge in [0.05, 0.1) is 14.2 Å². The van der Waals surface area contributed by atoms with Gasteiger partial charge in [-0.2, -0.15) is 0 Å². The number of ether oxygens (including phenoxy) is 2. The monoisotopic (exact) mass is 224 g/mol. The van der Waals surface area contributed by atoms with Crippen LogP contribution in [-0.2, 0) is 19.1 Å². The predicted molar refractivity (Wildman–Crippen MR) is 55.5 cm³/mol. The minimum Gasteiger partial charge on any atom is -0.465 e. The van der Waals surface area contributed by atoms with E-state index in [-0.39, 0.29) is 5.57 Å². The number of esters is 2. The van der Waals surface area contributed by atoms with Crippen LogP contribution in [0.4, 0.5) is 0 Å². The van der Waals surface area contributed by atoms with Crippen molar-refractivity contribution in [2.24, 2.45) is 0 Å². The van der Waals surface area contributed by atoms with Crippen LogP contribution in [0.5, 0.6) is 0 Å². The molecule has 0 aliphatic rings. The summed E-state index contributed by atoms with van der Waals surface area (Å²) in [5, 5.41) is 0. The maximum Gasteiger partial charge on any atom is 0.345 e. The number of carbonyl (C=O) groups is 2. The third kappa shape index (κ3) is 2.73. The number of hydrogen-bond acceptors (Lipinski definition) is 5. The Kier molecular flexibility index (Phi) is 3.88. The number of methoxy groups -OCH3 is 2. The van der Waals surface area contributed by atoms with Gasteiger partial charge in [-0.1, -0.05) is 0 Å². The van der Waals surface area contributed by atoms with Gasteiger partial charge in [-0.05, 0) is 19.1 Å². The second-order valence-corrected chi connectivity index (χ2v) is 2.99. The summed E-state index contributed by atoms with van der Waals surface area (Å²) in [6.45, 7) is 1.76. The molecule has 86 valence electrons. The normalized spacial score (nSPS) is 9.44. The maximum atomic E-state index is 11.3. The molecule has 0 aliphatic heterocycles. The van der Waals surface area contributed by atoms with Crippen molar-refractivity contribution in [3.8, 4) is 0 Å². The number of rotatable bonds is 3. The molecule has 0 spiro atoms. The highest BCUT2D eigenvalue weighted by atomic mass is 16.5. The number of aryl methyl sites for hydroxylation is 1. The predicted octanol–water partition coefficient (Wildman–Crippen LogP) is 1.32. The van der Waals surface area contributed by atoms with Crippen molar-refractivity contribution in [3.63, 3.8) is 0 Å². The Balaban J connectivity index is 3.05. The molecule has 0 aromatic carbocycles. The van der Waals surface area contributed by atoms with Crippen LogP contribution in [0.15, 0.2) is 22.1 Å². The van der Waals surface area contributed by atoms with Crippen molar-refractivity contribution >= 4 is 18.0 Å². The van der Waals surface area contributed by atoms with E-state index >= 15 is 0 Å². The van der Waals surface area contributed by atoms with Gasteiger partial charge in [-0.25, -0.2) is 9.59 Å². The van der Waals surface area contributed by atoms with Gasteiger partial charge >= 0.3 is 11.9 Å². The van der Waals surface area contributed by atoms with Crippen molar-refractivity contribution in [2.75, 3.05) is 14.2 Å². The van der Waals surface area contributed by atoms with Crippen molar-refractivity contribution in [3.05, 3.63) is 29.2 Å². The molecule has 0 aliphatic carbocycles. The fourth-order valence-electron chi connectivity index (χ4n) is 1.09. The first-order valence-electron chi connectivity index (χ1n) is 4.53. The SMILES string of the molecule is COC(=O)C(=Cc1ccc(C)o1)C(=O)OC. The Hall–Kier alpha value is -2.04. The van der Waals surface area contributed by atoms with E-state index in [2.05, 4.69) is 9.47 Å². The summed E-state index contributed by atoms with van der Waals surface area (Å²) < 4.78 is 14.1. The molecule has 1 aromatic heterocycles. The lowest BCUT2D eigenvalue weighted by Crippen LogP contribution is -2.15. The average Bonchev–Trinajstić information content (AvgIpc) is 2.69. The molecule has 0 fully saturated rings. The molecule has 0 saturated carbocycles. The van der Waals surface area contributed by atoms with Gasteiger partial charge in [0.15, 0.2) is 0 Å². The zero-order chi connectivity index (χ0) is 12.1. The second kappa shape index (κ2) is 5.16. The van der Waals surface area contributed by atoms with Crippen LogP contribution in [0.2, 0.25) is 0 Å². The molecule has 0 radical (unpaired) electrons. The van der Waals surface area contributed by atoms with Crippen LogP contribution in [0.25, 0.3) is 6.08 Å². The zero-order valence-corrected chi connectivity index (χ0v) is 9.27. The standard InChI is InChI=1S/C11H12O5/c1-7-4-5-8(16-7)6-9(10(12)14-2)11(13)15-3/h4-6H,1-3H3.